The summed E-state index contributed by atoms with van der Waals surface area (Å²) in [6, 6.07) is 0.548. The van der Waals surface area contributed by atoms with Gasteiger partial charge in [0.1, 0.15) is 5.82 Å². The maximum absolute atomic E-state index is 12.0. The van der Waals surface area contributed by atoms with Gasteiger partial charge in [-0.2, -0.15) is 0 Å². The Kier molecular flexibility index (Phi) is 3.48. The summed E-state index contributed by atoms with van der Waals surface area (Å²) in [4.78, 5) is 8.37. The van der Waals surface area contributed by atoms with Crippen molar-refractivity contribution in [2.45, 2.75) is 38.1 Å². The largest absolute Gasteiger partial charge is 0.366 e. The molecule has 0 radical (unpaired) electrons. The number of nitrogens with zero attached hydrogens (tertiary/aromatic N) is 2. The predicted molar refractivity (Wildman–Crippen MR) is 57.6 cm³/mol. The highest BCUT2D eigenvalue weighted by atomic mass is 19.1. The minimum Gasteiger partial charge on any atom is -0.366 e. The van der Waals surface area contributed by atoms with E-state index in [1.807, 2.05) is 0 Å². The highest BCUT2D eigenvalue weighted by Gasteiger charge is 2.14. The molecule has 15 heavy (non-hydrogen) atoms. The van der Waals surface area contributed by atoms with Gasteiger partial charge in [-0.3, -0.25) is 9.37 Å². The van der Waals surface area contributed by atoms with Gasteiger partial charge in [-0.05, 0) is 12.8 Å². The molecule has 2 rings (SSSR count). The highest BCUT2D eigenvalue weighted by molar-refractivity contribution is 5.32. The first kappa shape index (κ1) is 10.3. The van der Waals surface area contributed by atoms with Gasteiger partial charge in [0.05, 0.1) is 24.8 Å². The third kappa shape index (κ3) is 2.88. The molecule has 4 heteroatoms. The minimum absolute atomic E-state index is 0.358. The fraction of sp³-hybridized carbons (Fsp3) is 0.636. The van der Waals surface area contributed by atoms with Gasteiger partial charge in [0.2, 0.25) is 0 Å². The Labute approximate surface area is 89.1 Å². The van der Waals surface area contributed by atoms with E-state index in [2.05, 4.69) is 15.3 Å². The molecule has 1 heterocycles. The van der Waals surface area contributed by atoms with Crippen molar-refractivity contribution in [2.75, 3.05) is 12.0 Å². The fourth-order valence-corrected chi connectivity index (χ4v) is 1.93. The Morgan fingerprint density at radius 2 is 2.07 bits per heavy atom. The summed E-state index contributed by atoms with van der Waals surface area (Å²) >= 11 is 0. The Bertz CT molecular complexity index is 293. The number of aromatic nitrogens is 2. The smallest absolute Gasteiger partial charge is 0.144 e. The van der Waals surface area contributed by atoms with Crippen LogP contribution in [0.25, 0.3) is 0 Å². The number of anilines is 1. The SMILES string of the molecule is FCCc1cnc(NC2CCCC2)cn1. The minimum atomic E-state index is -0.371. The molecule has 0 saturated heterocycles. The molecule has 1 aromatic rings. The van der Waals surface area contributed by atoms with Crippen molar-refractivity contribution in [3.8, 4) is 0 Å². The van der Waals surface area contributed by atoms with Crippen LogP contribution in [0.3, 0.4) is 0 Å². The molecule has 0 aromatic carbocycles. The Hall–Kier alpha value is -1.19. The van der Waals surface area contributed by atoms with Crippen LogP contribution < -0.4 is 5.32 Å². The summed E-state index contributed by atoms with van der Waals surface area (Å²) in [5.41, 5.74) is 0.717. The zero-order valence-corrected chi connectivity index (χ0v) is 8.75. The van der Waals surface area contributed by atoms with Crippen LogP contribution >= 0.6 is 0 Å². The topological polar surface area (TPSA) is 37.8 Å². The van der Waals surface area contributed by atoms with Crippen molar-refractivity contribution in [3.05, 3.63) is 18.1 Å². The third-order valence-electron chi connectivity index (χ3n) is 2.76. The van der Waals surface area contributed by atoms with Gasteiger partial charge in [0, 0.05) is 12.5 Å². The molecule has 0 unspecified atom stereocenters. The summed E-state index contributed by atoms with van der Waals surface area (Å²) in [5.74, 6) is 0.810. The summed E-state index contributed by atoms with van der Waals surface area (Å²) < 4.78 is 12.0. The molecule has 1 aliphatic rings. The van der Waals surface area contributed by atoms with Gasteiger partial charge in [0.15, 0.2) is 0 Å². The molecule has 1 aromatic heterocycles. The van der Waals surface area contributed by atoms with Gasteiger partial charge in [-0.25, -0.2) is 4.98 Å². The number of alkyl halides is 1. The standard InChI is InChI=1S/C11H16FN3/c12-6-5-10-7-14-11(8-13-10)15-9-3-1-2-4-9/h7-9H,1-6H2,(H,14,15). The van der Waals surface area contributed by atoms with E-state index >= 15 is 0 Å². The quantitative estimate of drug-likeness (QED) is 0.827. The Morgan fingerprint density at radius 1 is 1.27 bits per heavy atom. The second-order valence-corrected chi connectivity index (χ2v) is 3.96. The zero-order chi connectivity index (χ0) is 10.5. The lowest BCUT2D eigenvalue weighted by atomic mass is 10.2. The summed E-state index contributed by atoms with van der Waals surface area (Å²) in [6.07, 6.45) is 8.73. The third-order valence-corrected chi connectivity index (χ3v) is 2.76. The Morgan fingerprint density at radius 3 is 2.67 bits per heavy atom. The van der Waals surface area contributed by atoms with Crippen molar-refractivity contribution < 1.29 is 4.39 Å². The maximum Gasteiger partial charge on any atom is 0.144 e. The molecule has 0 spiro atoms. The van der Waals surface area contributed by atoms with Crippen molar-refractivity contribution in [1.29, 1.82) is 0 Å². The lowest BCUT2D eigenvalue weighted by Gasteiger charge is -2.11. The number of aryl methyl sites for hydroxylation is 1. The molecule has 1 N–H and O–H groups in total. The monoisotopic (exact) mass is 209 g/mol. The molecule has 0 amide bonds. The van der Waals surface area contributed by atoms with E-state index in [4.69, 9.17) is 0 Å². The van der Waals surface area contributed by atoms with Gasteiger partial charge < -0.3 is 5.32 Å². The average Bonchev–Trinajstić information content (AvgIpc) is 2.74. The number of halogens is 1. The lowest BCUT2D eigenvalue weighted by Crippen LogP contribution is -2.15. The molecule has 0 aliphatic heterocycles. The van der Waals surface area contributed by atoms with Gasteiger partial charge >= 0.3 is 0 Å². The number of nitrogens with one attached hydrogen (secondary N) is 1. The molecule has 1 saturated carbocycles. The molecule has 1 fully saturated rings. The number of hydrogen-bond acceptors (Lipinski definition) is 3. The first-order valence-electron chi connectivity index (χ1n) is 5.52. The second kappa shape index (κ2) is 5.05. The highest BCUT2D eigenvalue weighted by Crippen LogP contribution is 2.20. The van der Waals surface area contributed by atoms with E-state index in [9.17, 15) is 4.39 Å². The number of rotatable bonds is 4. The first-order valence-corrected chi connectivity index (χ1v) is 5.52. The summed E-state index contributed by atoms with van der Waals surface area (Å²) in [7, 11) is 0. The summed E-state index contributed by atoms with van der Waals surface area (Å²) in [6.45, 7) is -0.371. The zero-order valence-electron chi connectivity index (χ0n) is 8.75. The van der Waals surface area contributed by atoms with Gasteiger partial charge in [-0.15, -0.1) is 0 Å². The van der Waals surface area contributed by atoms with E-state index in [-0.39, 0.29) is 6.67 Å². The van der Waals surface area contributed by atoms with Crippen LogP contribution in [0.2, 0.25) is 0 Å². The molecule has 0 bridgehead atoms. The van der Waals surface area contributed by atoms with Crippen LogP contribution in [0.4, 0.5) is 10.2 Å². The van der Waals surface area contributed by atoms with Crippen LogP contribution in [-0.4, -0.2) is 22.7 Å². The van der Waals surface area contributed by atoms with Gasteiger partial charge in [-0.1, -0.05) is 12.8 Å². The molecule has 1 aliphatic carbocycles. The molecule has 0 atom stereocenters. The van der Waals surface area contributed by atoms with Crippen molar-refractivity contribution in [1.82, 2.24) is 9.97 Å². The van der Waals surface area contributed by atoms with Crippen LogP contribution in [0.5, 0.6) is 0 Å². The van der Waals surface area contributed by atoms with Crippen molar-refractivity contribution in [3.63, 3.8) is 0 Å². The molecule has 3 nitrogen and oxygen atoms in total. The van der Waals surface area contributed by atoms with Crippen LogP contribution in [-0.2, 0) is 6.42 Å². The van der Waals surface area contributed by atoms with E-state index in [0.717, 1.165) is 11.5 Å². The van der Waals surface area contributed by atoms with Crippen LogP contribution in [0.1, 0.15) is 31.4 Å². The normalized spacial score (nSPS) is 16.9. The number of hydrogen-bond donors (Lipinski definition) is 1. The van der Waals surface area contributed by atoms with E-state index in [0.29, 0.717) is 12.5 Å². The second-order valence-electron chi connectivity index (χ2n) is 3.96. The van der Waals surface area contributed by atoms with E-state index in [1.165, 1.54) is 25.7 Å². The predicted octanol–water partition coefficient (Wildman–Crippen LogP) is 2.34. The van der Waals surface area contributed by atoms with Crippen LogP contribution in [0.15, 0.2) is 12.4 Å². The lowest BCUT2D eigenvalue weighted by molar-refractivity contribution is 0.491. The van der Waals surface area contributed by atoms with Crippen molar-refractivity contribution in [2.24, 2.45) is 0 Å². The molecular weight excluding hydrogens is 193 g/mol. The Balaban J connectivity index is 1.91. The average molecular weight is 209 g/mol. The van der Waals surface area contributed by atoms with Crippen LogP contribution in [0, 0.1) is 0 Å². The van der Waals surface area contributed by atoms with Gasteiger partial charge in [0.25, 0.3) is 0 Å². The first-order chi connectivity index (χ1) is 7.38. The molecule has 82 valence electrons. The van der Waals surface area contributed by atoms with E-state index < -0.39 is 0 Å². The van der Waals surface area contributed by atoms with Crippen molar-refractivity contribution >= 4 is 5.82 Å². The maximum atomic E-state index is 12.0. The summed E-state index contributed by atoms with van der Waals surface area (Å²) in [5, 5.41) is 3.34. The fourth-order valence-electron chi connectivity index (χ4n) is 1.93. The van der Waals surface area contributed by atoms with E-state index in [1.54, 1.807) is 12.4 Å². The molecular formula is C11H16FN3.